The number of amides is 1. The quantitative estimate of drug-likeness (QED) is 0.628. The molecule has 0 aliphatic carbocycles. The first-order valence-electron chi connectivity index (χ1n) is 9.65. The van der Waals surface area contributed by atoms with E-state index >= 15 is 0 Å². The van der Waals surface area contributed by atoms with Gasteiger partial charge in [-0.2, -0.15) is 0 Å². The van der Waals surface area contributed by atoms with Crippen molar-refractivity contribution < 1.29 is 14.3 Å². The summed E-state index contributed by atoms with van der Waals surface area (Å²) >= 11 is 0. The van der Waals surface area contributed by atoms with Gasteiger partial charge in [0.05, 0.1) is 17.9 Å². The molecule has 5 nitrogen and oxygen atoms in total. The zero-order valence-electron chi connectivity index (χ0n) is 16.2. The average molecular weight is 386 g/mol. The number of hydrogen-bond donors (Lipinski definition) is 1. The molecule has 0 aromatic heterocycles. The highest BCUT2D eigenvalue weighted by atomic mass is 16.5. The van der Waals surface area contributed by atoms with Crippen LogP contribution in [0.1, 0.15) is 44.9 Å². The summed E-state index contributed by atoms with van der Waals surface area (Å²) in [4.78, 5) is 27.3. The minimum absolute atomic E-state index is 0.0319. The van der Waals surface area contributed by atoms with Gasteiger partial charge in [0.25, 0.3) is 5.91 Å². The summed E-state index contributed by atoms with van der Waals surface area (Å²) in [5.74, 6) is -0.418. The highest BCUT2D eigenvalue weighted by molar-refractivity contribution is 6.00. The molecule has 1 aliphatic rings. The molecule has 5 heteroatoms. The number of rotatable bonds is 6. The zero-order chi connectivity index (χ0) is 20.2. The molecular formula is C24H22N2O3. The Morgan fingerprint density at radius 1 is 0.966 bits per heavy atom. The molecule has 1 amide bonds. The van der Waals surface area contributed by atoms with Gasteiger partial charge in [-0.3, -0.25) is 4.79 Å². The molecule has 0 spiro atoms. The molecule has 0 saturated heterocycles. The minimum Gasteiger partial charge on any atom is -0.462 e. The van der Waals surface area contributed by atoms with Crippen LogP contribution in [0.25, 0.3) is 0 Å². The Kier molecular flexibility index (Phi) is 5.29. The van der Waals surface area contributed by atoms with Crippen LogP contribution in [0.15, 0.2) is 78.9 Å². The van der Waals surface area contributed by atoms with Gasteiger partial charge in [0.1, 0.15) is 6.17 Å². The number of esters is 1. The predicted molar refractivity (Wildman–Crippen MR) is 112 cm³/mol. The van der Waals surface area contributed by atoms with Crippen molar-refractivity contribution in [2.75, 3.05) is 11.9 Å². The van der Waals surface area contributed by atoms with Crippen molar-refractivity contribution in [2.24, 2.45) is 0 Å². The lowest BCUT2D eigenvalue weighted by Crippen LogP contribution is -2.32. The summed E-state index contributed by atoms with van der Waals surface area (Å²) in [6, 6.07) is 24.7. The average Bonchev–Trinajstić information content (AvgIpc) is 3.01. The van der Waals surface area contributed by atoms with Crippen LogP contribution in [-0.4, -0.2) is 23.4 Å². The first kappa shape index (κ1) is 18.7. The summed E-state index contributed by atoms with van der Waals surface area (Å²) in [6.45, 7) is 2.55. The van der Waals surface area contributed by atoms with E-state index in [1.807, 2.05) is 66.7 Å². The third kappa shape index (κ3) is 3.72. The summed E-state index contributed by atoms with van der Waals surface area (Å²) in [5, 5.41) is 3.41. The van der Waals surface area contributed by atoms with Crippen molar-refractivity contribution in [3.63, 3.8) is 0 Å². The first-order valence-corrected chi connectivity index (χ1v) is 9.65. The van der Waals surface area contributed by atoms with Gasteiger partial charge in [0.15, 0.2) is 0 Å². The van der Waals surface area contributed by atoms with E-state index in [-0.39, 0.29) is 18.0 Å². The number of ether oxygens (including phenoxy) is 1. The Balaban J connectivity index is 1.70. The summed E-state index contributed by atoms with van der Waals surface area (Å²) < 4.78 is 5.19. The van der Waals surface area contributed by atoms with Crippen molar-refractivity contribution >= 4 is 17.6 Å². The van der Waals surface area contributed by atoms with E-state index < -0.39 is 0 Å². The Bertz CT molecular complexity index is 1030. The van der Waals surface area contributed by atoms with Crippen LogP contribution in [0.2, 0.25) is 0 Å². The summed E-state index contributed by atoms with van der Waals surface area (Å²) in [7, 11) is 0. The van der Waals surface area contributed by atoms with Crippen molar-refractivity contribution in [1.82, 2.24) is 4.90 Å². The highest BCUT2D eigenvalue weighted by Crippen LogP contribution is 2.36. The number of nitrogens with zero attached hydrogens (tertiary/aromatic N) is 1. The number of hydrogen-bond acceptors (Lipinski definition) is 4. The molecule has 0 radical (unpaired) electrons. The Labute approximate surface area is 169 Å². The third-order valence-corrected chi connectivity index (χ3v) is 4.97. The molecule has 0 bridgehead atoms. The standard InChI is InChI=1S/C24H22N2O3/c1-2-29-24(28)20-14-8-9-15-21(20)25-22-18-12-6-7-13-19(18)23(27)26(22)16-17-10-4-3-5-11-17/h3-15,22,25H,2,16H2,1H3/t22-/m0/s1. The monoisotopic (exact) mass is 386 g/mol. The van der Waals surface area contributed by atoms with Gasteiger partial charge in [-0.15, -0.1) is 0 Å². The van der Waals surface area contributed by atoms with Crippen LogP contribution >= 0.6 is 0 Å². The number of para-hydroxylation sites is 1. The Morgan fingerprint density at radius 2 is 1.66 bits per heavy atom. The van der Waals surface area contributed by atoms with Crippen LogP contribution < -0.4 is 5.32 Å². The van der Waals surface area contributed by atoms with Crippen LogP contribution in [0.3, 0.4) is 0 Å². The molecule has 0 saturated carbocycles. The van der Waals surface area contributed by atoms with Crippen molar-refractivity contribution in [1.29, 1.82) is 0 Å². The van der Waals surface area contributed by atoms with E-state index in [4.69, 9.17) is 4.74 Å². The van der Waals surface area contributed by atoms with Gasteiger partial charge in [-0.05, 0) is 30.7 Å². The summed E-state index contributed by atoms with van der Waals surface area (Å²) in [6.07, 6.45) is -0.380. The lowest BCUT2D eigenvalue weighted by Gasteiger charge is -2.28. The predicted octanol–water partition coefficient (Wildman–Crippen LogP) is 4.63. The molecule has 1 heterocycles. The molecule has 4 rings (SSSR count). The fourth-order valence-corrected chi connectivity index (χ4v) is 3.61. The second kappa shape index (κ2) is 8.19. The lowest BCUT2D eigenvalue weighted by atomic mass is 10.1. The van der Waals surface area contributed by atoms with Crippen molar-refractivity contribution in [3.05, 3.63) is 101 Å². The molecule has 1 N–H and O–H groups in total. The van der Waals surface area contributed by atoms with E-state index in [0.29, 0.717) is 30.0 Å². The van der Waals surface area contributed by atoms with E-state index in [1.165, 1.54) is 0 Å². The largest absolute Gasteiger partial charge is 0.462 e. The Morgan fingerprint density at radius 3 is 2.45 bits per heavy atom. The molecule has 0 unspecified atom stereocenters. The van der Waals surface area contributed by atoms with Crippen molar-refractivity contribution in [3.8, 4) is 0 Å². The second-order valence-electron chi connectivity index (χ2n) is 6.82. The number of nitrogens with one attached hydrogen (secondary N) is 1. The third-order valence-electron chi connectivity index (χ3n) is 4.97. The van der Waals surface area contributed by atoms with Gasteiger partial charge in [0.2, 0.25) is 0 Å². The number of benzene rings is 3. The maximum atomic E-state index is 13.1. The van der Waals surface area contributed by atoms with Crippen molar-refractivity contribution in [2.45, 2.75) is 19.6 Å². The minimum atomic E-state index is -0.386. The smallest absolute Gasteiger partial charge is 0.340 e. The highest BCUT2D eigenvalue weighted by Gasteiger charge is 2.36. The number of carbonyl (C=O) groups excluding carboxylic acids is 2. The Hall–Kier alpha value is -3.60. The summed E-state index contributed by atoms with van der Waals surface area (Å²) in [5.41, 5.74) is 3.70. The number of carbonyl (C=O) groups is 2. The number of anilines is 1. The van der Waals surface area contributed by atoms with Gasteiger partial charge in [-0.25, -0.2) is 4.79 Å². The molecule has 3 aromatic rings. The van der Waals surface area contributed by atoms with Crippen LogP contribution in [-0.2, 0) is 11.3 Å². The zero-order valence-corrected chi connectivity index (χ0v) is 16.2. The molecular weight excluding hydrogens is 364 g/mol. The lowest BCUT2D eigenvalue weighted by molar-refractivity contribution is 0.0527. The van der Waals surface area contributed by atoms with Gasteiger partial charge in [-0.1, -0.05) is 60.7 Å². The molecule has 1 aliphatic heterocycles. The number of fused-ring (bicyclic) bond motifs is 1. The van der Waals surface area contributed by atoms with Crippen LogP contribution in [0, 0.1) is 0 Å². The van der Waals surface area contributed by atoms with E-state index in [1.54, 1.807) is 24.0 Å². The molecule has 146 valence electrons. The van der Waals surface area contributed by atoms with Gasteiger partial charge < -0.3 is 15.0 Å². The van der Waals surface area contributed by atoms with E-state index in [2.05, 4.69) is 5.32 Å². The van der Waals surface area contributed by atoms with Crippen LogP contribution in [0.4, 0.5) is 5.69 Å². The fraction of sp³-hybridized carbons (Fsp3) is 0.167. The maximum absolute atomic E-state index is 13.1. The normalized spacial score (nSPS) is 15.1. The molecule has 1 atom stereocenters. The molecule has 29 heavy (non-hydrogen) atoms. The fourth-order valence-electron chi connectivity index (χ4n) is 3.61. The van der Waals surface area contributed by atoms with Gasteiger partial charge in [0, 0.05) is 17.7 Å². The molecule has 0 fully saturated rings. The van der Waals surface area contributed by atoms with Crippen LogP contribution in [0.5, 0.6) is 0 Å². The van der Waals surface area contributed by atoms with E-state index in [9.17, 15) is 9.59 Å². The topological polar surface area (TPSA) is 58.6 Å². The maximum Gasteiger partial charge on any atom is 0.340 e. The first-order chi connectivity index (χ1) is 14.2. The van der Waals surface area contributed by atoms with E-state index in [0.717, 1.165) is 11.1 Å². The second-order valence-corrected chi connectivity index (χ2v) is 6.82. The SMILES string of the molecule is CCOC(=O)c1ccccc1N[C@@H]1c2ccccc2C(=O)N1Cc1ccccc1. The van der Waals surface area contributed by atoms with Gasteiger partial charge >= 0.3 is 5.97 Å². The molecule has 3 aromatic carbocycles.